The zero-order valence-electron chi connectivity index (χ0n) is 12.2. The van der Waals surface area contributed by atoms with E-state index in [1.54, 1.807) is 10.7 Å². The standard InChI is InChI=1S/C14H15N5O2S/c1-8-10(5-12(20)16-7-14-15-3-4-22-14)9(2)19-11(17-8)6-13(21)18-19/h3-4,6H,5,7H2,1-2H3,(H,16,20)(H,18,21). The van der Waals surface area contributed by atoms with Crippen LogP contribution in [0.15, 0.2) is 22.4 Å². The van der Waals surface area contributed by atoms with E-state index in [1.165, 1.54) is 17.4 Å². The van der Waals surface area contributed by atoms with Crippen molar-refractivity contribution in [1.82, 2.24) is 24.9 Å². The van der Waals surface area contributed by atoms with Crippen molar-refractivity contribution in [3.05, 3.63) is 50.0 Å². The van der Waals surface area contributed by atoms with Crippen molar-refractivity contribution >= 4 is 22.9 Å². The van der Waals surface area contributed by atoms with Gasteiger partial charge in [0.2, 0.25) is 5.91 Å². The summed E-state index contributed by atoms with van der Waals surface area (Å²) in [6.07, 6.45) is 1.92. The molecule has 0 atom stereocenters. The van der Waals surface area contributed by atoms with E-state index >= 15 is 0 Å². The van der Waals surface area contributed by atoms with Crippen molar-refractivity contribution in [3.8, 4) is 0 Å². The van der Waals surface area contributed by atoms with E-state index in [9.17, 15) is 9.59 Å². The summed E-state index contributed by atoms with van der Waals surface area (Å²) in [6.45, 7) is 4.12. The molecule has 0 saturated carbocycles. The highest BCUT2D eigenvalue weighted by molar-refractivity contribution is 7.09. The lowest BCUT2D eigenvalue weighted by Gasteiger charge is -2.11. The monoisotopic (exact) mass is 317 g/mol. The molecule has 8 heteroatoms. The smallest absolute Gasteiger partial charge is 0.266 e. The number of nitrogens with one attached hydrogen (secondary N) is 2. The van der Waals surface area contributed by atoms with Gasteiger partial charge in [-0.2, -0.15) is 0 Å². The predicted molar refractivity (Wildman–Crippen MR) is 83.0 cm³/mol. The third-order valence-electron chi connectivity index (χ3n) is 3.46. The summed E-state index contributed by atoms with van der Waals surface area (Å²) in [7, 11) is 0. The molecule has 7 nitrogen and oxygen atoms in total. The van der Waals surface area contributed by atoms with Crippen LogP contribution in [-0.2, 0) is 17.8 Å². The number of aryl methyl sites for hydroxylation is 2. The van der Waals surface area contributed by atoms with E-state index in [1.807, 2.05) is 19.2 Å². The van der Waals surface area contributed by atoms with E-state index in [-0.39, 0.29) is 17.9 Å². The Morgan fingerprint density at radius 2 is 2.27 bits per heavy atom. The van der Waals surface area contributed by atoms with Gasteiger partial charge < -0.3 is 5.32 Å². The first-order valence-corrected chi connectivity index (χ1v) is 7.65. The van der Waals surface area contributed by atoms with Crippen molar-refractivity contribution in [2.45, 2.75) is 26.8 Å². The van der Waals surface area contributed by atoms with Crippen molar-refractivity contribution in [3.63, 3.8) is 0 Å². The number of H-pyrrole nitrogens is 1. The lowest BCUT2D eigenvalue weighted by Crippen LogP contribution is -2.25. The summed E-state index contributed by atoms with van der Waals surface area (Å²) in [5.74, 6) is -0.1000. The second-order valence-corrected chi connectivity index (χ2v) is 5.93. The molecular formula is C14H15N5O2S. The van der Waals surface area contributed by atoms with Gasteiger partial charge in [0.1, 0.15) is 5.01 Å². The quantitative estimate of drug-likeness (QED) is 0.749. The summed E-state index contributed by atoms with van der Waals surface area (Å²) >= 11 is 1.50. The molecule has 0 saturated heterocycles. The van der Waals surface area contributed by atoms with Gasteiger partial charge in [-0.05, 0) is 13.8 Å². The number of nitrogens with zero attached hydrogens (tertiary/aromatic N) is 3. The van der Waals surface area contributed by atoms with Crippen molar-refractivity contribution in [2.24, 2.45) is 0 Å². The Hall–Kier alpha value is -2.48. The molecule has 0 fully saturated rings. The molecular weight excluding hydrogens is 302 g/mol. The van der Waals surface area contributed by atoms with Crippen LogP contribution in [0.3, 0.4) is 0 Å². The second-order valence-electron chi connectivity index (χ2n) is 4.95. The normalized spacial score (nSPS) is 11.0. The highest BCUT2D eigenvalue weighted by atomic mass is 32.1. The van der Waals surface area contributed by atoms with Crippen molar-refractivity contribution in [1.29, 1.82) is 0 Å². The minimum Gasteiger partial charge on any atom is -0.349 e. The van der Waals surface area contributed by atoms with Crippen LogP contribution in [0.5, 0.6) is 0 Å². The van der Waals surface area contributed by atoms with Gasteiger partial charge >= 0.3 is 0 Å². The van der Waals surface area contributed by atoms with Crippen LogP contribution in [0.1, 0.15) is 22.0 Å². The molecule has 3 rings (SSSR count). The predicted octanol–water partition coefficient (Wildman–Crippen LogP) is 0.955. The Morgan fingerprint density at radius 1 is 1.45 bits per heavy atom. The summed E-state index contributed by atoms with van der Waals surface area (Å²) in [6, 6.07) is 1.44. The highest BCUT2D eigenvalue weighted by Gasteiger charge is 2.14. The second kappa shape index (κ2) is 5.72. The Morgan fingerprint density at radius 3 is 3.00 bits per heavy atom. The third-order valence-corrected chi connectivity index (χ3v) is 4.24. The average molecular weight is 317 g/mol. The number of fused-ring (bicyclic) bond motifs is 1. The number of aromatic amines is 1. The molecule has 2 N–H and O–H groups in total. The minimum absolute atomic E-state index is 0.1000. The minimum atomic E-state index is -0.208. The van der Waals surface area contributed by atoms with Crippen molar-refractivity contribution in [2.75, 3.05) is 0 Å². The number of carbonyl (C=O) groups excluding carboxylic acids is 1. The van der Waals surface area contributed by atoms with E-state index in [4.69, 9.17) is 0 Å². The molecule has 0 aromatic carbocycles. The molecule has 3 aromatic rings. The molecule has 0 bridgehead atoms. The maximum atomic E-state index is 12.1. The SMILES string of the molecule is Cc1nc2cc(=O)[nH]n2c(C)c1CC(=O)NCc1nccs1. The average Bonchev–Trinajstić information content (AvgIpc) is 3.10. The summed E-state index contributed by atoms with van der Waals surface area (Å²) in [5, 5.41) is 8.26. The number of hydrogen-bond acceptors (Lipinski definition) is 5. The topological polar surface area (TPSA) is 92.1 Å². The fraction of sp³-hybridized carbons (Fsp3) is 0.286. The molecule has 22 heavy (non-hydrogen) atoms. The Bertz CT molecular complexity index is 879. The molecule has 114 valence electrons. The first-order chi connectivity index (χ1) is 10.5. The fourth-order valence-corrected chi connectivity index (χ4v) is 2.90. The maximum Gasteiger partial charge on any atom is 0.266 e. The molecule has 0 spiro atoms. The van der Waals surface area contributed by atoms with Crippen LogP contribution in [0.4, 0.5) is 0 Å². The number of amides is 1. The fourth-order valence-electron chi connectivity index (χ4n) is 2.35. The zero-order chi connectivity index (χ0) is 15.7. The molecule has 0 aliphatic rings. The van der Waals surface area contributed by atoms with Crippen LogP contribution in [0.25, 0.3) is 5.65 Å². The summed E-state index contributed by atoms with van der Waals surface area (Å²) < 4.78 is 1.61. The number of aromatic nitrogens is 4. The molecule has 0 aliphatic heterocycles. The third kappa shape index (κ3) is 2.77. The molecule has 0 unspecified atom stereocenters. The maximum absolute atomic E-state index is 12.1. The van der Waals surface area contributed by atoms with Crippen LogP contribution in [0.2, 0.25) is 0 Å². The summed E-state index contributed by atoms with van der Waals surface area (Å²) in [4.78, 5) is 32.0. The number of carbonyl (C=O) groups is 1. The number of thiazole rings is 1. The van der Waals surface area contributed by atoms with Gasteiger partial charge in [0, 0.05) is 34.6 Å². The van der Waals surface area contributed by atoms with Gasteiger partial charge in [0.05, 0.1) is 13.0 Å². The van der Waals surface area contributed by atoms with E-state index in [0.717, 1.165) is 22.0 Å². The highest BCUT2D eigenvalue weighted by Crippen LogP contribution is 2.14. The van der Waals surface area contributed by atoms with Gasteiger partial charge in [-0.25, -0.2) is 14.5 Å². The molecule has 3 aromatic heterocycles. The molecule has 3 heterocycles. The van der Waals surface area contributed by atoms with Gasteiger partial charge in [-0.1, -0.05) is 0 Å². The Labute approximate surface area is 130 Å². The van der Waals surface area contributed by atoms with Crippen molar-refractivity contribution < 1.29 is 4.79 Å². The zero-order valence-corrected chi connectivity index (χ0v) is 13.0. The Kier molecular flexibility index (Phi) is 3.76. The molecule has 0 radical (unpaired) electrons. The lowest BCUT2D eigenvalue weighted by molar-refractivity contribution is -0.120. The number of rotatable bonds is 4. The van der Waals surface area contributed by atoms with E-state index in [0.29, 0.717) is 12.2 Å². The van der Waals surface area contributed by atoms with E-state index in [2.05, 4.69) is 20.4 Å². The van der Waals surface area contributed by atoms with Crippen LogP contribution >= 0.6 is 11.3 Å². The number of hydrogen-bond donors (Lipinski definition) is 2. The summed E-state index contributed by atoms with van der Waals surface area (Å²) in [5.41, 5.74) is 2.73. The largest absolute Gasteiger partial charge is 0.349 e. The van der Waals surface area contributed by atoms with Gasteiger partial charge in [0.15, 0.2) is 5.65 Å². The van der Waals surface area contributed by atoms with E-state index < -0.39 is 0 Å². The van der Waals surface area contributed by atoms with Gasteiger partial charge in [0.25, 0.3) is 5.56 Å². The Balaban J connectivity index is 1.80. The lowest BCUT2D eigenvalue weighted by atomic mass is 10.1. The van der Waals surface area contributed by atoms with Gasteiger partial charge in [-0.15, -0.1) is 11.3 Å². The molecule has 1 amide bonds. The molecule has 0 aliphatic carbocycles. The van der Waals surface area contributed by atoms with Crippen LogP contribution in [-0.4, -0.2) is 25.5 Å². The van der Waals surface area contributed by atoms with Gasteiger partial charge in [-0.3, -0.25) is 14.7 Å². The first-order valence-electron chi connectivity index (χ1n) is 6.77. The van der Waals surface area contributed by atoms with Crippen LogP contribution < -0.4 is 10.9 Å². The van der Waals surface area contributed by atoms with Crippen LogP contribution in [0, 0.1) is 13.8 Å². The first kappa shape index (κ1) is 14.5.